The van der Waals surface area contributed by atoms with Gasteiger partial charge < -0.3 is 11.1 Å². The van der Waals surface area contributed by atoms with Crippen molar-refractivity contribution in [3.8, 4) is 0 Å². The molecular formula is C14H19N3O3. The average Bonchev–Trinajstić information content (AvgIpc) is 2.81. The Morgan fingerprint density at radius 2 is 2.25 bits per heavy atom. The number of anilines is 1. The number of nitrogen functional groups attached to an aromatic ring is 1. The number of nitrogens with zero attached hydrogens (tertiary/aromatic N) is 1. The maximum Gasteiger partial charge on any atom is 0.292 e. The van der Waals surface area contributed by atoms with Crippen molar-refractivity contribution >= 4 is 17.3 Å². The van der Waals surface area contributed by atoms with Crippen LogP contribution in [-0.2, 0) is 0 Å². The van der Waals surface area contributed by atoms with Crippen molar-refractivity contribution in [1.82, 2.24) is 5.32 Å². The number of benzene rings is 1. The zero-order chi connectivity index (χ0) is 14.7. The minimum atomic E-state index is -0.559. The quantitative estimate of drug-likeness (QED) is 0.501. The van der Waals surface area contributed by atoms with E-state index >= 15 is 0 Å². The fraction of sp³-hybridized carbons (Fsp3) is 0.500. The molecule has 6 heteroatoms. The summed E-state index contributed by atoms with van der Waals surface area (Å²) in [5.74, 6) is 1.03. The molecular weight excluding hydrogens is 258 g/mol. The molecule has 0 bridgehead atoms. The van der Waals surface area contributed by atoms with Crippen LogP contribution in [0.3, 0.4) is 0 Å². The molecule has 1 aliphatic carbocycles. The third kappa shape index (κ3) is 3.26. The number of hydrogen-bond donors (Lipinski definition) is 2. The Balaban J connectivity index is 1.95. The molecule has 1 saturated carbocycles. The smallest absolute Gasteiger partial charge is 0.292 e. The van der Waals surface area contributed by atoms with Gasteiger partial charge in [-0.25, -0.2) is 0 Å². The first-order valence-electron chi connectivity index (χ1n) is 6.79. The minimum Gasteiger partial charge on any atom is -0.393 e. The number of nitro benzene ring substituents is 1. The molecule has 0 spiro atoms. The number of hydrogen-bond acceptors (Lipinski definition) is 4. The number of amides is 1. The van der Waals surface area contributed by atoms with Gasteiger partial charge in [0.2, 0.25) is 0 Å². The first-order chi connectivity index (χ1) is 9.47. The Labute approximate surface area is 117 Å². The lowest BCUT2D eigenvalue weighted by molar-refractivity contribution is -0.383. The fourth-order valence-corrected chi connectivity index (χ4v) is 2.71. The molecule has 0 radical (unpaired) electrons. The van der Waals surface area contributed by atoms with Gasteiger partial charge in [-0.05, 0) is 36.8 Å². The molecule has 1 aromatic rings. The van der Waals surface area contributed by atoms with Crippen LogP contribution in [0.2, 0.25) is 0 Å². The van der Waals surface area contributed by atoms with Gasteiger partial charge in [-0.3, -0.25) is 14.9 Å². The molecule has 1 aromatic carbocycles. The highest BCUT2D eigenvalue weighted by Crippen LogP contribution is 2.29. The van der Waals surface area contributed by atoms with Crippen LogP contribution >= 0.6 is 0 Å². The molecule has 108 valence electrons. The summed E-state index contributed by atoms with van der Waals surface area (Å²) in [5.41, 5.74) is 5.77. The topological polar surface area (TPSA) is 98.3 Å². The van der Waals surface area contributed by atoms with E-state index in [1.54, 1.807) is 0 Å². The zero-order valence-electron chi connectivity index (χ0n) is 11.5. The van der Waals surface area contributed by atoms with Gasteiger partial charge in [0.15, 0.2) is 0 Å². The summed E-state index contributed by atoms with van der Waals surface area (Å²) in [6.07, 6.45) is 3.50. The van der Waals surface area contributed by atoms with Gasteiger partial charge in [0.05, 0.1) is 4.92 Å². The van der Waals surface area contributed by atoms with E-state index in [0.717, 1.165) is 18.8 Å². The maximum atomic E-state index is 12.0. The number of nitrogens with one attached hydrogen (secondary N) is 1. The van der Waals surface area contributed by atoms with E-state index in [1.807, 2.05) is 0 Å². The summed E-state index contributed by atoms with van der Waals surface area (Å²) in [4.78, 5) is 22.1. The van der Waals surface area contributed by atoms with Gasteiger partial charge >= 0.3 is 0 Å². The standard InChI is InChI=1S/C14H19N3O3/c1-9-2-3-10(6-9)8-16-14(18)11-4-5-13(17(19)20)12(15)7-11/h4-5,7,9-10H,2-3,6,8,15H2,1H3,(H,16,18). The van der Waals surface area contributed by atoms with Crippen molar-refractivity contribution in [1.29, 1.82) is 0 Å². The molecule has 2 rings (SSSR count). The molecule has 0 aromatic heterocycles. The second-order valence-electron chi connectivity index (χ2n) is 5.52. The van der Waals surface area contributed by atoms with Crippen molar-refractivity contribution in [3.63, 3.8) is 0 Å². The van der Waals surface area contributed by atoms with Gasteiger partial charge in [0, 0.05) is 18.2 Å². The van der Waals surface area contributed by atoms with Crippen LogP contribution in [0.5, 0.6) is 0 Å². The molecule has 2 unspecified atom stereocenters. The summed E-state index contributed by atoms with van der Waals surface area (Å²) >= 11 is 0. The highest BCUT2D eigenvalue weighted by molar-refractivity contribution is 5.95. The van der Waals surface area contributed by atoms with Crippen LogP contribution in [0, 0.1) is 22.0 Å². The van der Waals surface area contributed by atoms with Crippen molar-refractivity contribution < 1.29 is 9.72 Å². The van der Waals surface area contributed by atoms with E-state index in [2.05, 4.69) is 12.2 Å². The van der Waals surface area contributed by atoms with Crippen molar-refractivity contribution in [2.75, 3.05) is 12.3 Å². The summed E-state index contributed by atoms with van der Waals surface area (Å²) in [6, 6.07) is 4.05. The average molecular weight is 277 g/mol. The number of nitro groups is 1. The lowest BCUT2D eigenvalue weighted by Crippen LogP contribution is -2.28. The molecule has 0 saturated heterocycles. The normalized spacial score (nSPS) is 21.6. The molecule has 0 aliphatic heterocycles. The first-order valence-corrected chi connectivity index (χ1v) is 6.79. The highest BCUT2D eigenvalue weighted by atomic mass is 16.6. The number of rotatable bonds is 4. The molecule has 0 heterocycles. The largest absolute Gasteiger partial charge is 0.393 e. The summed E-state index contributed by atoms with van der Waals surface area (Å²) < 4.78 is 0. The van der Waals surface area contributed by atoms with Crippen molar-refractivity contribution in [2.24, 2.45) is 11.8 Å². The van der Waals surface area contributed by atoms with E-state index in [4.69, 9.17) is 5.73 Å². The van der Waals surface area contributed by atoms with Gasteiger partial charge in [0.25, 0.3) is 11.6 Å². The molecule has 6 nitrogen and oxygen atoms in total. The Bertz CT molecular complexity index is 530. The minimum absolute atomic E-state index is 0.0112. The van der Waals surface area contributed by atoms with Gasteiger partial charge in [-0.2, -0.15) is 0 Å². The van der Waals surface area contributed by atoms with Crippen LogP contribution in [0.4, 0.5) is 11.4 Å². The second kappa shape index (κ2) is 5.90. The predicted molar refractivity (Wildman–Crippen MR) is 76.3 cm³/mol. The van der Waals surface area contributed by atoms with Crippen LogP contribution in [0.25, 0.3) is 0 Å². The second-order valence-corrected chi connectivity index (χ2v) is 5.52. The fourth-order valence-electron chi connectivity index (χ4n) is 2.71. The lowest BCUT2D eigenvalue weighted by atomic mass is 10.1. The van der Waals surface area contributed by atoms with Gasteiger partial charge in [-0.15, -0.1) is 0 Å². The third-order valence-electron chi connectivity index (χ3n) is 3.84. The Hall–Kier alpha value is -2.11. The monoisotopic (exact) mass is 277 g/mol. The lowest BCUT2D eigenvalue weighted by Gasteiger charge is -2.11. The predicted octanol–water partition coefficient (Wildman–Crippen LogP) is 2.34. The molecule has 2 atom stereocenters. The Morgan fingerprint density at radius 1 is 1.50 bits per heavy atom. The number of nitrogens with two attached hydrogens (primary N) is 1. The summed E-state index contributed by atoms with van der Waals surface area (Å²) in [6.45, 7) is 2.87. The molecule has 3 N–H and O–H groups in total. The maximum absolute atomic E-state index is 12.0. The van der Waals surface area contributed by atoms with Crippen molar-refractivity contribution in [2.45, 2.75) is 26.2 Å². The van der Waals surface area contributed by atoms with Gasteiger partial charge in [0.1, 0.15) is 5.69 Å². The van der Waals surface area contributed by atoms with E-state index in [0.29, 0.717) is 18.0 Å². The molecule has 1 amide bonds. The SMILES string of the molecule is CC1CCC(CNC(=O)c2ccc([N+](=O)[O-])c(N)c2)C1. The van der Waals surface area contributed by atoms with Gasteiger partial charge in [-0.1, -0.05) is 13.3 Å². The van der Waals surface area contributed by atoms with Crippen LogP contribution < -0.4 is 11.1 Å². The summed E-state index contributed by atoms with van der Waals surface area (Å²) in [5, 5.41) is 13.5. The number of carbonyl (C=O) groups excluding carboxylic acids is 1. The summed E-state index contributed by atoms with van der Waals surface area (Å²) in [7, 11) is 0. The van der Waals surface area contributed by atoms with Crippen LogP contribution in [0.1, 0.15) is 36.5 Å². The van der Waals surface area contributed by atoms with E-state index in [-0.39, 0.29) is 17.3 Å². The molecule has 20 heavy (non-hydrogen) atoms. The number of carbonyl (C=O) groups is 1. The Morgan fingerprint density at radius 3 is 2.80 bits per heavy atom. The van der Waals surface area contributed by atoms with E-state index in [1.165, 1.54) is 24.6 Å². The van der Waals surface area contributed by atoms with Crippen LogP contribution in [-0.4, -0.2) is 17.4 Å². The van der Waals surface area contributed by atoms with Crippen LogP contribution in [0.15, 0.2) is 18.2 Å². The van der Waals surface area contributed by atoms with Crippen molar-refractivity contribution in [3.05, 3.63) is 33.9 Å². The molecule has 1 aliphatic rings. The van der Waals surface area contributed by atoms with E-state index in [9.17, 15) is 14.9 Å². The zero-order valence-corrected chi connectivity index (χ0v) is 11.5. The highest BCUT2D eigenvalue weighted by Gasteiger charge is 2.22. The van der Waals surface area contributed by atoms with E-state index < -0.39 is 4.92 Å². The first kappa shape index (κ1) is 14.3. The third-order valence-corrected chi connectivity index (χ3v) is 3.84. The molecule has 1 fully saturated rings. The Kier molecular flexibility index (Phi) is 4.22.